The van der Waals surface area contributed by atoms with Crippen LogP contribution in [0.1, 0.15) is 31.8 Å². The number of fused-ring (bicyclic) bond motifs is 2. The molecule has 0 saturated heterocycles. The third-order valence-electron chi connectivity index (χ3n) is 2.96. The predicted octanol–water partition coefficient (Wildman–Crippen LogP) is 2.36. The zero-order chi connectivity index (χ0) is 13.7. The van der Waals surface area contributed by atoms with Crippen LogP contribution in [-0.4, -0.2) is 21.7 Å². The molecule has 0 unspecified atom stereocenters. The molecule has 3 rings (SSSR count). The number of nitrogens with zero attached hydrogens (tertiary/aromatic N) is 1. The van der Waals surface area contributed by atoms with Gasteiger partial charge in [0.15, 0.2) is 5.78 Å². The Morgan fingerprint density at radius 3 is 2.53 bits per heavy atom. The molecule has 0 atom stereocenters. The van der Waals surface area contributed by atoms with Crippen LogP contribution in [-0.2, 0) is 0 Å². The minimum Gasteiger partial charge on any atom is -0.506 e. The van der Waals surface area contributed by atoms with Gasteiger partial charge in [0.05, 0.1) is 33.5 Å². The number of hydrogen-bond acceptors (Lipinski definition) is 4. The van der Waals surface area contributed by atoms with Crippen molar-refractivity contribution >= 4 is 23.2 Å². The van der Waals surface area contributed by atoms with Gasteiger partial charge in [0.1, 0.15) is 11.6 Å². The Bertz CT molecular complexity index is 758. The molecule has 0 radical (unpaired) electrons. The number of aromatic nitrogens is 1. The molecule has 1 N–H and O–H groups in total. The average Bonchev–Trinajstić information content (AvgIpc) is 2.38. The highest BCUT2D eigenvalue weighted by Gasteiger charge is 2.36. The van der Waals surface area contributed by atoms with Gasteiger partial charge in [-0.2, -0.15) is 0 Å². The Labute approximate surface area is 111 Å². The van der Waals surface area contributed by atoms with Crippen LogP contribution >= 0.6 is 11.6 Å². The lowest BCUT2D eigenvalue weighted by Crippen LogP contribution is -2.23. The summed E-state index contributed by atoms with van der Waals surface area (Å²) in [5.74, 6) is -2.71. The fourth-order valence-electron chi connectivity index (χ4n) is 2.12. The third-order valence-corrected chi connectivity index (χ3v) is 3.27. The van der Waals surface area contributed by atoms with Crippen LogP contribution in [0.3, 0.4) is 0 Å². The van der Waals surface area contributed by atoms with Crippen LogP contribution in [0.4, 0.5) is 4.39 Å². The maximum absolute atomic E-state index is 13.8. The zero-order valence-corrected chi connectivity index (χ0v) is 10.0. The molecule has 0 saturated carbocycles. The lowest BCUT2D eigenvalue weighted by Gasteiger charge is -2.18. The quantitative estimate of drug-likeness (QED) is 0.685. The number of halogens is 2. The van der Waals surface area contributed by atoms with Crippen molar-refractivity contribution in [1.82, 2.24) is 4.98 Å². The summed E-state index contributed by atoms with van der Waals surface area (Å²) in [6.07, 6.45) is 2.18. The van der Waals surface area contributed by atoms with Gasteiger partial charge in [-0.3, -0.25) is 14.6 Å². The molecule has 2 aromatic rings. The summed E-state index contributed by atoms with van der Waals surface area (Å²) in [6.45, 7) is 0. The normalized spacial score (nSPS) is 13.2. The van der Waals surface area contributed by atoms with Crippen LogP contribution < -0.4 is 0 Å². The molecule has 1 aliphatic rings. The lowest BCUT2D eigenvalue weighted by atomic mass is 9.84. The second kappa shape index (κ2) is 3.86. The highest BCUT2D eigenvalue weighted by atomic mass is 35.5. The van der Waals surface area contributed by atoms with Crippen LogP contribution in [0.2, 0.25) is 5.02 Å². The van der Waals surface area contributed by atoms with Gasteiger partial charge in [0.25, 0.3) is 0 Å². The topological polar surface area (TPSA) is 67.3 Å². The van der Waals surface area contributed by atoms with Gasteiger partial charge >= 0.3 is 0 Å². The molecular formula is C13H5ClFNO3. The first-order valence-electron chi connectivity index (χ1n) is 5.26. The van der Waals surface area contributed by atoms with E-state index in [1.54, 1.807) is 0 Å². The molecule has 6 heteroatoms. The zero-order valence-electron chi connectivity index (χ0n) is 9.28. The van der Waals surface area contributed by atoms with Crippen molar-refractivity contribution < 1.29 is 19.1 Å². The van der Waals surface area contributed by atoms with E-state index < -0.39 is 28.7 Å². The number of ketones is 2. The van der Waals surface area contributed by atoms with Crippen LogP contribution in [0.5, 0.6) is 5.75 Å². The number of pyridine rings is 1. The number of carbonyl (C=O) groups is 2. The number of rotatable bonds is 0. The average molecular weight is 278 g/mol. The molecular weight excluding hydrogens is 273 g/mol. The smallest absolute Gasteiger partial charge is 0.201 e. The second-order valence-corrected chi connectivity index (χ2v) is 4.43. The van der Waals surface area contributed by atoms with Crippen molar-refractivity contribution in [2.24, 2.45) is 0 Å². The maximum atomic E-state index is 13.8. The number of aromatic hydroxyl groups is 1. The highest BCUT2D eigenvalue weighted by molar-refractivity contribution is 6.39. The van der Waals surface area contributed by atoms with Gasteiger partial charge in [-0.15, -0.1) is 0 Å². The van der Waals surface area contributed by atoms with Crippen molar-refractivity contribution in [3.8, 4) is 5.75 Å². The van der Waals surface area contributed by atoms with E-state index in [0.717, 1.165) is 18.5 Å². The largest absolute Gasteiger partial charge is 0.506 e. The molecule has 0 aliphatic heterocycles. The van der Waals surface area contributed by atoms with E-state index in [-0.39, 0.29) is 21.7 Å². The van der Waals surface area contributed by atoms with Crippen molar-refractivity contribution in [3.63, 3.8) is 0 Å². The van der Waals surface area contributed by atoms with Gasteiger partial charge in [0.2, 0.25) is 5.78 Å². The number of carbonyl (C=O) groups excluding carboxylic acids is 2. The molecule has 4 nitrogen and oxygen atoms in total. The predicted molar refractivity (Wildman–Crippen MR) is 64.2 cm³/mol. The third kappa shape index (κ3) is 1.48. The number of benzene rings is 1. The summed E-state index contributed by atoms with van der Waals surface area (Å²) >= 11 is 5.86. The van der Waals surface area contributed by atoms with Crippen LogP contribution in [0, 0.1) is 5.82 Å². The van der Waals surface area contributed by atoms with Gasteiger partial charge < -0.3 is 5.11 Å². The van der Waals surface area contributed by atoms with E-state index >= 15 is 0 Å². The minimum absolute atomic E-state index is 0.0104. The fraction of sp³-hybridized carbons (Fsp3) is 0. The Balaban J connectivity index is 2.43. The SMILES string of the molecule is O=C1c2c(O)cncc2C(=O)c2c(Cl)ccc(F)c21. The molecule has 94 valence electrons. The molecule has 1 heterocycles. The molecule has 0 amide bonds. The molecule has 1 aromatic carbocycles. The van der Waals surface area contributed by atoms with E-state index in [1.165, 1.54) is 6.07 Å². The fourth-order valence-corrected chi connectivity index (χ4v) is 2.36. The monoisotopic (exact) mass is 277 g/mol. The summed E-state index contributed by atoms with van der Waals surface area (Å²) in [5, 5.41) is 9.63. The van der Waals surface area contributed by atoms with Crippen LogP contribution in [0.15, 0.2) is 24.5 Å². The van der Waals surface area contributed by atoms with E-state index in [4.69, 9.17) is 11.6 Å². The van der Waals surface area contributed by atoms with Crippen molar-refractivity contribution in [2.75, 3.05) is 0 Å². The first-order chi connectivity index (χ1) is 9.02. The summed E-state index contributed by atoms with van der Waals surface area (Å²) in [4.78, 5) is 28.1. The van der Waals surface area contributed by atoms with E-state index in [1.807, 2.05) is 0 Å². The molecule has 0 spiro atoms. The minimum atomic E-state index is -0.848. The van der Waals surface area contributed by atoms with Crippen LogP contribution in [0.25, 0.3) is 0 Å². The molecule has 0 fully saturated rings. The Kier molecular flexibility index (Phi) is 2.40. The molecule has 0 bridgehead atoms. The summed E-state index contributed by atoms with van der Waals surface area (Å²) < 4.78 is 13.8. The van der Waals surface area contributed by atoms with Crippen molar-refractivity contribution in [3.05, 3.63) is 57.6 Å². The van der Waals surface area contributed by atoms with Gasteiger partial charge in [-0.25, -0.2) is 4.39 Å². The Morgan fingerprint density at radius 1 is 1.05 bits per heavy atom. The van der Waals surface area contributed by atoms with Gasteiger partial charge in [-0.05, 0) is 12.1 Å². The van der Waals surface area contributed by atoms with Gasteiger partial charge in [0, 0.05) is 6.20 Å². The van der Waals surface area contributed by atoms with Gasteiger partial charge in [-0.1, -0.05) is 11.6 Å². The van der Waals surface area contributed by atoms with E-state index in [9.17, 15) is 19.1 Å². The summed E-state index contributed by atoms with van der Waals surface area (Å²) in [7, 11) is 0. The summed E-state index contributed by atoms with van der Waals surface area (Å²) in [5.41, 5.74) is -0.920. The maximum Gasteiger partial charge on any atom is 0.201 e. The van der Waals surface area contributed by atoms with Crippen molar-refractivity contribution in [1.29, 1.82) is 0 Å². The standard InChI is InChI=1S/C13H5ClFNO3/c14-6-1-2-7(15)11-10(6)12(18)5-3-16-4-8(17)9(5)13(11)19/h1-4,17H. The lowest BCUT2D eigenvalue weighted by molar-refractivity contribution is 0.0973. The second-order valence-electron chi connectivity index (χ2n) is 4.02. The Morgan fingerprint density at radius 2 is 1.79 bits per heavy atom. The molecule has 1 aromatic heterocycles. The Hall–Kier alpha value is -2.27. The first-order valence-corrected chi connectivity index (χ1v) is 5.64. The molecule has 19 heavy (non-hydrogen) atoms. The van der Waals surface area contributed by atoms with E-state index in [2.05, 4.69) is 4.98 Å². The summed E-state index contributed by atoms with van der Waals surface area (Å²) in [6, 6.07) is 2.22. The first kappa shape index (κ1) is 11.8. The highest BCUT2D eigenvalue weighted by Crippen LogP contribution is 2.36. The van der Waals surface area contributed by atoms with E-state index in [0.29, 0.717) is 0 Å². The molecule has 1 aliphatic carbocycles. The number of hydrogen-bond donors (Lipinski definition) is 1. The van der Waals surface area contributed by atoms with Crippen molar-refractivity contribution in [2.45, 2.75) is 0 Å².